The zero-order valence-corrected chi connectivity index (χ0v) is 41.3. The van der Waals surface area contributed by atoms with Gasteiger partial charge in [-0.15, -0.1) is 42.0 Å². The van der Waals surface area contributed by atoms with E-state index in [1.54, 1.807) is 0 Å². The van der Waals surface area contributed by atoms with Crippen molar-refractivity contribution in [1.29, 1.82) is 0 Å². The zero-order valence-electron chi connectivity index (χ0n) is 39.1. The van der Waals surface area contributed by atoms with Crippen molar-refractivity contribution in [2.75, 3.05) is 9.80 Å². The Morgan fingerprint density at radius 2 is 1.10 bits per heavy atom. The molecule has 6 heteroatoms. The topological polar surface area (TPSA) is 33.5 Å². The van der Waals surface area contributed by atoms with E-state index in [0.717, 1.165) is 78.2 Å². The molecule has 0 radical (unpaired) electrons. The van der Waals surface area contributed by atoms with Crippen LogP contribution in [0.4, 0.5) is 22.7 Å². The van der Waals surface area contributed by atoms with E-state index in [9.17, 15) is 0 Å². The van der Waals surface area contributed by atoms with Gasteiger partial charge in [0.2, 0.25) is 0 Å². The Kier molecular flexibility index (Phi) is 11.7. The fourth-order valence-corrected chi connectivity index (χ4v) is 9.24. The molecule has 0 aliphatic carbocycles. The van der Waals surface area contributed by atoms with Crippen LogP contribution in [0.5, 0.6) is 11.5 Å². The third-order valence-electron chi connectivity index (χ3n) is 12.9. The zero-order chi connectivity index (χ0) is 45.9. The molecular formula is C62H51N4OPt-3. The third-order valence-corrected chi connectivity index (χ3v) is 12.9. The summed E-state index contributed by atoms with van der Waals surface area (Å²) >= 11 is 0. The van der Waals surface area contributed by atoms with Crippen molar-refractivity contribution in [2.45, 2.75) is 52.4 Å². The van der Waals surface area contributed by atoms with Crippen molar-refractivity contribution in [3.05, 3.63) is 224 Å². The fourth-order valence-electron chi connectivity index (χ4n) is 9.24. The number of para-hydroxylation sites is 2. The largest absolute Gasteiger partial charge is 0.509 e. The Morgan fingerprint density at radius 1 is 0.485 bits per heavy atom. The molecule has 0 fully saturated rings. The summed E-state index contributed by atoms with van der Waals surface area (Å²) in [4.78, 5) is 9.52. The van der Waals surface area contributed by atoms with E-state index in [2.05, 4.69) is 245 Å². The smallest absolute Gasteiger partial charge is 0.135 e. The van der Waals surface area contributed by atoms with E-state index in [4.69, 9.17) is 9.72 Å². The number of ether oxygens (including phenoxy) is 1. The number of aromatic nitrogens is 2. The van der Waals surface area contributed by atoms with Crippen molar-refractivity contribution >= 4 is 44.6 Å². The SMILES string of the molecule is CC(C)(C)c1ccnc(-n2c3[c-]c(Oc4[c-]c(N5[CH-]N(c6cc(C(C)(C)C)ccc6-c6ccccc6)c6ccccc65)ccc4)c(-c4ccccc4)cc3c3cc(-c4ccccc4)ccc32)c1.[Pt]. The average Bonchev–Trinajstić information content (AvgIpc) is 3.89. The fraction of sp³-hybridized carbons (Fsp3) is 0.129. The second-order valence-electron chi connectivity index (χ2n) is 19.4. The number of hydrogen-bond donors (Lipinski definition) is 0. The van der Waals surface area contributed by atoms with E-state index in [0.29, 0.717) is 11.5 Å². The molecular weight excluding hydrogens is 1010 g/mol. The van der Waals surface area contributed by atoms with Gasteiger partial charge in [0.1, 0.15) is 5.82 Å². The van der Waals surface area contributed by atoms with Gasteiger partial charge in [0.05, 0.1) is 0 Å². The van der Waals surface area contributed by atoms with Gasteiger partial charge in [0.15, 0.2) is 0 Å². The molecule has 0 saturated heterocycles. The Balaban J connectivity index is 0.00000539. The molecule has 1 aliphatic rings. The van der Waals surface area contributed by atoms with Crippen molar-refractivity contribution < 1.29 is 25.8 Å². The van der Waals surface area contributed by atoms with Crippen molar-refractivity contribution in [2.24, 2.45) is 0 Å². The van der Waals surface area contributed by atoms with Gasteiger partial charge >= 0.3 is 0 Å². The molecule has 338 valence electrons. The number of anilines is 4. The van der Waals surface area contributed by atoms with E-state index in [1.807, 2.05) is 24.4 Å². The van der Waals surface area contributed by atoms with Gasteiger partial charge < -0.3 is 19.1 Å². The summed E-state index contributed by atoms with van der Waals surface area (Å²) in [5.41, 5.74) is 15.0. The predicted octanol–water partition coefficient (Wildman–Crippen LogP) is 16.6. The van der Waals surface area contributed by atoms with E-state index < -0.39 is 0 Å². The minimum atomic E-state index is -0.0682. The van der Waals surface area contributed by atoms with Gasteiger partial charge in [-0.05, 0) is 80.4 Å². The molecule has 0 N–H and O–H groups in total. The van der Waals surface area contributed by atoms with Crippen LogP contribution in [0.1, 0.15) is 52.7 Å². The quantitative estimate of drug-likeness (QED) is 0.142. The Morgan fingerprint density at radius 3 is 1.78 bits per heavy atom. The Hall–Kier alpha value is -7.20. The van der Waals surface area contributed by atoms with Gasteiger partial charge in [-0.25, -0.2) is 4.98 Å². The summed E-state index contributed by atoms with van der Waals surface area (Å²) in [5, 5.41) is 2.18. The molecule has 68 heavy (non-hydrogen) atoms. The molecule has 5 nitrogen and oxygen atoms in total. The molecule has 0 spiro atoms. The predicted molar refractivity (Wildman–Crippen MR) is 278 cm³/mol. The summed E-state index contributed by atoms with van der Waals surface area (Å²) in [5.74, 6) is 2.01. The molecule has 2 aromatic heterocycles. The molecule has 8 aromatic carbocycles. The minimum absolute atomic E-state index is 0. The Labute approximate surface area is 414 Å². The van der Waals surface area contributed by atoms with Crippen LogP contribution in [0.3, 0.4) is 0 Å². The molecule has 0 atom stereocenters. The van der Waals surface area contributed by atoms with Crippen LogP contribution in [0.2, 0.25) is 0 Å². The molecule has 0 unspecified atom stereocenters. The van der Waals surface area contributed by atoms with Gasteiger partial charge in [0.25, 0.3) is 0 Å². The summed E-state index contributed by atoms with van der Waals surface area (Å²) < 4.78 is 9.30. The maximum atomic E-state index is 7.06. The number of hydrogen-bond acceptors (Lipinski definition) is 4. The molecule has 11 rings (SSSR count). The number of fused-ring (bicyclic) bond motifs is 4. The maximum absolute atomic E-state index is 7.06. The van der Waals surface area contributed by atoms with Crippen molar-refractivity contribution in [3.63, 3.8) is 0 Å². The van der Waals surface area contributed by atoms with Gasteiger partial charge in [-0.3, -0.25) is 0 Å². The monoisotopic (exact) mass is 1060 g/mol. The van der Waals surface area contributed by atoms with Gasteiger partial charge in [0, 0.05) is 66.9 Å². The summed E-state index contributed by atoms with van der Waals surface area (Å²) in [6.45, 7) is 15.7. The summed E-state index contributed by atoms with van der Waals surface area (Å²) in [7, 11) is 0. The first kappa shape index (κ1) is 44.6. The first-order chi connectivity index (χ1) is 32.5. The number of nitrogens with zero attached hydrogens (tertiary/aromatic N) is 4. The molecule has 1 aliphatic heterocycles. The van der Waals surface area contributed by atoms with E-state index in [1.165, 1.54) is 16.7 Å². The van der Waals surface area contributed by atoms with Gasteiger partial charge in [-0.1, -0.05) is 186 Å². The molecule has 0 saturated carbocycles. The van der Waals surface area contributed by atoms with Crippen LogP contribution in [0, 0.1) is 18.8 Å². The van der Waals surface area contributed by atoms with Gasteiger partial charge in [-0.2, -0.15) is 12.1 Å². The Bertz CT molecular complexity index is 3440. The van der Waals surface area contributed by atoms with Crippen LogP contribution in [-0.4, -0.2) is 9.55 Å². The number of benzene rings is 8. The normalized spacial score (nSPS) is 12.6. The van der Waals surface area contributed by atoms with Crippen LogP contribution < -0.4 is 14.5 Å². The van der Waals surface area contributed by atoms with Crippen LogP contribution >= 0.6 is 0 Å². The van der Waals surface area contributed by atoms with E-state index in [-0.39, 0.29) is 31.9 Å². The number of pyridine rings is 1. The van der Waals surface area contributed by atoms with E-state index >= 15 is 0 Å². The summed E-state index contributed by atoms with van der Waals surface area (Å²) in [6.07, 6.45) is 1.92. The molecule has 0 amide bonds. The maximum Gasteiger partial charge on any atom is 0.135 e. The molecule has 10 aromatic rings. The standard InChI is InChI=1S/C62H51N4O.Pt/c1-61(2,3)46-30-31-50(43-21-12-8-13-22-43)57(36-46)65-41-64(55-27-16-17-28-56(55)65)48-25-18-26-49(38-48)67-59-40-58-53(39-51(59)44-23-14-9-15-24-44)52-35-45(42-19-10-7-11-20-42)29-32-54(52)66(58)60-37-47(33-34-63-60)62(4,5)6;/h7-37,39,41H,1-6H3;/q-3;. The second-order valence-corrected chi connectivity index (χ2v) is 19.4. The van der Waals surface area contributed by atoms with Crippen LogP contribution in [0.15, 0.2) is 194 Å². The van der Waals surface area contributed by atoms with Crippen LogP contribution in [0.25, 0.3) is 61.0 Å². The average molecular weight is 1060 g/mol. The van der Waals surface area contributed by atoms with Crippen molar-refractivity contribution in [3.8, 4) is 50.7 Å². The third kappa shape index (κ3) is 8.30. The molecule has 0 bridgehead atoms. The minimum Gasteiger partial charge on any atom is -0.509 e. The number of rotatable bonds is 8. The van der Waals surface area contributed by atoms with Crippen molar-refractivity contribution in [1.82, 2.24) is 9.55 Å². The first-order valence-electron chi connectivity index (χ1n) is 23.0. The van der Waals surface area contributed by atoms with Crippen LogP contribution in [-0.2, 0) is 31.9 Å². The summed E-state index contributed by atoms with van der Waals surface area (Å²) in [6, 6.07) is 74.0. The molecule has 3 heterocycles. The second kappa shape index (κ2) is 17.8. The first-order valence-corrected chi connectivity index (χ1v) is 23.0.